The van der Waals surface area contributed by atoms with Crippen LogP contribution < -0.4 is 5.73 Å². The van der Waals surface area contributed by atoms with E-state index in [1.54, 1.807) is 18.2 Å². The van der Waals surface area contributed by atoms with E-state index in [2.05, 4.69) is 4.98 Å². The number of aromatic nitrogens is 1. The fourth-order valence-corrected chi connectivity index (χ4v) is 1.05. The predicted molar refractivity (Wildman–Crippen MR) is 54.7 cm³/mol. The Morgan fingerprint density at radius 1 is 1.64 bits per heavy atom. The summed E-state index contributed by atoms with van der Waals surface area (Å²) in [7, 11) is 0. The monoisotopic (exact) mass is 192 g/mol. The van der Waals surface area contributed by atoms with Gasteiger partial charge in [0.2, 0.25) is 0 Å². The van der Waals surface area contributed by atoms with Crippen molar-refractivity contribution < 1.29 is 9.90 Å². The molecule has 0 bridgehead atoms. The van der Waals surface area contributed by atoms with Gasteiger partial charge in [-0.1, -0.05) is 12.2 Å². The van der Waals surface area contributed by atoms with Gasteiger partial charge < -0.3 is 10.8 Å². The van der Waals surface area contributed by atoms with Crippen LogP contribution in [0.25, 0.3) is 6.08 Å². The van der Waals surface area contributed by atoms with E-state index < -0.39 is 5.97 Å². The number of anilines is 1. The highest BCUT2D eigenvalue weighted by molar-refractivity contribution is 5.70. The fourth-order valence-electron chi connectivity index (χ4n) is 1.05. The molecule has 0 atom stereocenters. The Morgan fingerprint density at radius 3 is 2.93 bits per heavy atom. The maximum atomic E-state index is 10.2. The molecule has 0 amide bonds. The van der Waals surface area contributed by atoms with Gasteiger partial charge in [0.05, 0.1) is 6.42 Å². The normalized spacial score (nSPS) is 10.6. The molecule has 1 aromatic rings. The molecule has 74 valence electrons. The van der Waals surface area contributed by atoms with Crippen LogP contribution in [0.4, 0.5) is 5.82 Å². The van der Waals surface area contributed by atoms with Crippen LogP contribution in [0.5, 0.6) is 0 Å². The lowest BCUT2D eigenvalue weighted by Crippen LogP contribution is -1.94. The highest BCUT2D eigenvalue weighted by Gasteiger charge is 1.96. The number of pyridine rings is 1. The first-order valence-electron chi connectivity index (χ1n) is 4.21. The summed E-state index contributed by atoms with van der Waals surface area (Å²) in [4.78, 5) is 14.3. The van der Waals surface area contributed by atoms with Crippen LogP contribution in [0.2, 0.25) is 0 Å². The van der Waals surface area contributed by atoms with Crippen molar-refractivity contribution in [2.24, 2.45) is 0 Å². The van der Waals surface area contributed by atoms with Gasteiger partial charge in [-0.3, -0.25) is 4.79 Å². The summed E-state index contributed by atoms with van der Waals surface area (Å²) in [6.45, 7) is 1.83. The summed E-state index contributed by atoms with van der Waals surface area (Å²) < 4.78 is 0. The number of aryl methyl sites for hydroxylation is 1. The quantitative estimate of drug-likeness (QED) is 0.760. The number of rotatable bonds is 3. The molecule has 14 heavy (non-hydrogen) atoms. The number of carboxylic acids is 1. The molecule has 0 aromatic carbocycles. The van der Waals surface area contributed by atoms with Crippen molar-refractivity contribution in [3.05, 3.63) is 29.5 Å². The minimum Gasteiger partial charge on any atom is -0.481 e. The molecular weight excluding hydrogens is 180 g/mol. The summed E-state index contributed by atoms with van der Waals surface area (Å²) in [5, 5.41) is 8.42. The molecule has 0 radical (unpaired) electrons. The van der Waals surface area contributed by atoms with Crippen molar-refractivity contribution in [2.75, 3.05) is 5.73 Å². The van der Waals surface area contributed by atoms with Gasteiger partial charge >= 0.3 is 5.97 Å². The van der Waals surface area contributed by atoms with Gasteiger partial charge in [0, 0.05) is 5.69 Å². The molecule has 1 heterocycles. The highest BCUT2D eigenvalue weighted by Crippen LogP contribution is 2.09. The Morgan fingerprint density at radius 2 is 2.36 bits per heavy atom. The number of hydrogen-bond donors (Lipinski definition) is 2. The molecule has 0 fully saturated rings. The van der Waals surface area contributed by atoms with E-state index in [-0.39, 0.29) is 6.42 Å². The van der Waals surface area contributed by atoms with E-state index in [0.29, 0.717) is 5.82 Å². The first-order valence-corrected chi connectivity index (χ1v) is 4.21. The molecule has 3 N–H and O–H groups in total. The average molecular weight is 192 g/mol. The topological polar surface area (TPSA) is 76.2 Å². The molecule has 0 spiro atoms. The Balaban J connectivity index is 2.76. The SMILES string of the molecule is Cc1nc(N)ccc1C=CCC(=O)O. The predicted octanol–water partition coefficient (Wildman–Crippen LogP) is 1.46. The van der Waals surface area contributed by atoms with Crippen molar-refractivity contribution in [3.63, 3.8) is 0 Å². The second-order valence-corrected chi connectivity index (χ2v) is 2.91. The molecule has 0 aliphatic carbocycles. The molecule has 0 aliphatic heterocycles. The van der Waals surface area contributed by atoms with E-state index in [9.17, 15) is 4.79 Å². The van der Waals surface area contributed by atoms with Crippen molar-refractivity contribution in [1.82, 2.24) is 4.98 Å². The van der Waals surface area contributed by atoms with Gasteiger partial charge in [-0.05, 0) is 24.6 Å². The van der Waals surface area contributed by atoms with Crippen molar-refractivity contribution >= 4 is 17.9 Å². The van der Waals surface area contributed by atoms with E-state index in [1.165, 1.54) is 0 Å². The van der Waals surface area contributed by atoms with Crippen LogP contribution >= 0.6 is 0 Å². The summed E-state index contributed by atoms with van der Waals surface area (Å²) >= 11 is 0. The molecule has 0 saturated carbocycles. The molecule has 4 heteroatoms. The summed E-state index contributed by atoms with van der Waals surface area (Å²) in [5.41, 5.74) is 7.16. The first-order chi connectivity index (χ1) is 6.59. The lowest BCUT2D eigenvalue weighted by atomic mass is 10.2. The number of nitrogen functional groups attached to an aromatic ring is 1. The molecule has 0 saturated heterocycles. The van der Waals surface area contributed by atoms with Crippen molar-refractivity contribution in [3.8, 4) is 0 Å². The largest absolute Gasteiger partial charge is 0.481 e. The van der Waals surface area contributed by atoms with E-state index in [1.807, 2.05) is 13.0 Å². The Hall–Kier alpha value is -1.84. The molecule has 0 aliphatic rings. The summed E-state index contributed by atoms with van der Waals surface area (Å²) in [6.07, 6.45) is 3.34. The van der Waals surface area contributed by atoms with E-state index in [0.717, 1.165) is 11.3 Å². The highest BCUT2D eigenvalue weighted by atomic mass is 16.4. The van der Waals surface area contributed by atoms with Gasteiger partial charge in [-0.25, -0.2) is 4.98 Å². The Labute approximate surface area is 82.1 Å². The fraction of sp³-hybridized carbons (Fsp3) is 0.200. The minimum atomic E-state index is -0.845. The van der Waals surface area contributed by atoms with Crippen LogP contribution in [0.1, 0.15) is 17.7 Å². The zero-order valence-electron chi connectivity index (χ0n) is 7.90. The van der Waals surface area contributed by atoms with Gasteiger partial charge in [0.15, 0.2) is 0 Å². The number of carbonyl (C=O) groups is 1. The zero-order valence-corrected chi connectivity index (χ0v) is 7.90. The molecule has 4 nitrogen and oxygen atoms in total. The van der Waals surface area contributed by atoms with Crippen LogP contribution in [-0.2, 0) is 4.79 Å². The van der Waals surface area contributed by atoms with Crippen molar-refractivity contribution in [1.29, 1.82) is 0 Å². The molecule has 0 unspecified atom stereocenters. The zero-order chi connectivity index (χ0) is 10.6. The van der Waals surface area contributed by atoms with Gasteiger partial charge in [-0.15, -0.1) is 0 Å². The van der Waals surface area contributed by atoms with Gasteiger partial charge in [0.1, 0.15) is 5.82 Å². The van der Waals surface area contributed by atoms with E-state index >= 15 is 0 Å². The lowest BCUT2D eigenvalue weighted by molar-refractivity contribution is -0.135. The number of nitrogens with zero attached hydrogens (tertiary/aromatic N) is 1. The first kappa shape index (κ1) is 10.2. The smallest absolute Gasteiger partial charge is 0.307 e. The maximum absolute atomic E-state index is 10.2. The average Bonchev–Trinajstić information content (AvgIpc) is 2.08. The second-order valence-electron chi connectivity index (χ2n) is 2.91. The van der Waals surface area contributed by atoms with E-state index in [4.69, 9.17) is 10.8 Å². The van der Waals surface area contributed by atoms with Crippen LogP contribution in [0.15, 0.2) is 18.2 Å². The van der Waals surface area contributed by atoms with Crippen LogP contribution in [0, 0.1) is 6.92 Å². The van der Waals surface area contributed by atoms with Crippen LogP contribution in [0.3, 0.4) is 0 Å². The van der Waals surface area contributed by atoms with Crippen molar-refractivity contribution in [2.45, 2.75) is 13.3 Å². The standard InChI is InChI=1S/C10H12N2O2/c1-7-8(3-2-4-10(13)14)5-6-9(11)12-7/h2-3,5-6H,4H2,1H3,(H2,11,12)(H,13,14). The third-order valence-corrected chi connectivity index (χ3v) is 1.74. The molecular formula is C10H12N2O2. The third-order valence-electron chi connectivity index (χ3n) is 1.74. The summed E-state index contributed by atoms with van der Waals surface area (Å²) in [5.74, 6) is -0.375. The minimum absolute atomic E-state index is 0.0177. The Kier molecular flexibility index (Phi) is 3.23. The molecule has 1 rings (SSSR count). The van der Waals surface area contributed by atoms with Gasteiger partial charge in [0.25, 0.3) is 0 Å². The molecule has 1 aromatic heterocycles. The summed E-state index contributed by atoms with van der Waals surface area (Å²) in [6, 6.07) is 3.50. The Bertz CT molecular complexity index is 372. The third kappa shape index (κ3) is 2.90. The van der Waals surface area contributed by atoms with Crippen LogP contribution in [-0.4, -0.2) is 16.1 Å². The van der Waals surface area contributed by atoms with Gasteiger partial charge in [-0.2, -0.15) is 0 Å². The number of nitrogens with two attached hydrogens (primary N) is 1. The lowest BCUT2D eigenvalue weighted by Gasteiger charge is -1.99. The maximum Gasteiger partial charge on any atom is 0.307 e. The number of carboxylic acid groups (broad SMARTS) is 1. The number of aliphatic carboxylic acids is 1. The number of hydrogen-bond acceptors (Lipinski definition) is 3. The second kappa shape index (κ2) is 4.41.